The zero-order valence-corrected chi connectivity index (χ0v) is 5.32. The summed E-state index contributed by atoms with van der Waals surface area (Å²) in [7, 11) is 0. The standard InChI is InChI=1S/C5H8N4O/c10-9-4-2-1-3-6-5(4)7-8-9/h1-2,4-7H,3H2. The van der Waals surface area contributed by atoms with Gasteiger partial charge in [-0.25, -0.2) is 0 Å². The molecule has 2 N–H and O–H groups in total. The van der Waals surface area contributed by atoms with Crippen molar-refractivity contribution in [2.24, 2.45) is 5.22 Å². The molecule has 0 spiro atoms. The Labute approximate surface area is 58.0 Å². The minimum atomic E-state index is -0.159. The molecule has 0 saturated carbocycles. The second kappa shape index (κ2) is 1.95. The average molecular weight is 140 g/mol. The lowest BCUT2D eigenvalue weighted by Crippen LogP contribution is -2.48. The van der Waals surface area contributed by atoms with E-state index >= 15 is 0 Å². The van der Waals surface area contributed by atoms with Crippen LogP contribution in [0.2, 0.25) is 0 Å². The average Bonchev–Trinajstić information content (AvgIpc) is 2.34. The first-order valence-corrected chi connectivity index (χ1v) is 3.20. The number of hydrogen-bond acceptors (Lipinski definition) is 4. The molecule has 10 heavy (non-hydrogen) atoms. The van der Waals surface area contributed by atoms with Gasteiger partial charge in [0, 0.05) is 6.54 Å². The minimum absolute atomic E-state index is 0.00231. The van der Waals surface area contributed by atoms with Crippen molar-refractivity contribution in [2.45, 2.75) is 12.2 Å². The maximum Gasteiger partial charge on any atom is 0.213 e. The molecule has 0 bridgehead atoms. The molecule has 5 nitrogen and oxygen atoms in total. The van der Waals surface area contributed by atoms with Crippen LogP contribution in [0.1, 0.15) is 0 Å². The van der Waals surface area contributed by atoms with Gasteiger partial charge >= 0.3 is 0 Å². The van der Waals surface area contributed by atoms with Crippen molar-refractivity contribution in [3.8, 4) is 0 Å². The van der Waals surface area contributed by atoms with Crippen LogP contribution in [0.15, 0.2) is 17.4 Å². The van der Waals surface area contributed by atoms with Gasteiger partial charge in [-0.05, 0) is 6.08 Å². The third-order valence-corrected chi connectivity index (χ3v) is 1.68. The number of rotatable bonds is 0. The molecule has 2 unspecified atom stereocenters. The predicted molar refractivity (Wildman–Crippen MR) is 33.9 cm³/mol. The zero-order valence-electron chi connectivity index (χ0n) is 5.32. The van der Waals surface area contributed by atoms with Crippen LogP contribution in [-0.2, 0) is 0 Å². The van der Waals surface area contributed by atoms with E-state index in [0.717, 1.165) is 6.54 Å². The Morgan fingerprint density at radius 1 is 1.70 bits per heavy atom. The van der Waals surface area contributed by atoms with Crippen LogP contribution in [0.5, 0.6) is 0 Å². The topological polar surface area (TPSA) is 62.5 Å². The van der Waals surface area contributed by atoms with Crippen molar-refractivity contribution in [3.63, 3.8) is 0 Å². The van der Waals surface area contributed by atoms with E-state index in [-0.39, 0.29) is 12.2 Å². The molecule has 0 amide bonds. The lowest BCUT2D eigenvalue weighted by Gasteiger charge is -2.17. The van der Waals surface area contributed by atoms with Crippen LogP contribution >= 0.6 is 0 Å². The van der Waals surface area contributed by atoms with Crippen LogP contribution in [0.3, 0.4) is 0 Å². The van der Waals surface area contributed by atoms with Crippen molar-refractivity contribution in [1.29, 1.82) is 0 Å². The van der Waals surface area contributed by atoms with E-state index in [1.54, 1.807) is 0 Å². The van der Waals surface area contributed by atoms with Crippen molar-refractivity contribution < 1.29 is 4.86 Å². The van der Waals surface area contributed by atoms with E-state index < -0.39 is 0 Å². The van der Waals surface area contributed by atoms with E-state index in [1.165, 1.54) is 0 Å². The van der Waals surface area contributed by atoms with Crippen LogP contribution in [0.4, 0.5) is 0 Å². The van der Waals surface area contributed by atoms with Crippen molar-refractivity contribution in [1.82, 2.24) is 10.7 Å². The van der Waals surface area contributed by atoms with Gasteiger partial charge < -0.3 is 5.21 Å². The molecule has 2 atom stereocenters. The summed E-state index contributed by atoms with van der Waals surface area (Å²) >= 11 is 0. The highest BCUT2D eigenvalue weighted by atomic mass is 16.5. The number of hydrogen-bond donors (Lipinski definition) is 2. The normalized spacial score (nSPS) is 36.6. The van der Waals surface area contributed by atoms with E-state index in [4.69, 9.17) is 0 Å². The van der Waals surface area contributed by atoms with Crippen molar-refractivity contribution in [3.05, 3.63) is 17.4 Å². The second-order valence-corrected chi connectivity index (χ2v) is 2.34. The molecule has 0 fully saturated rings. The predicted octanol–water partition coefficient (Wildman–Crippen LogP) is -0.679. The highest BCUT2D eigenvalue weighted by molar-refractivity contribution is 5.01. The Balaban J connectivity index is 2.21. The summed E-state index contributed by atoms with van der Waals surface area (Å²) < 4.78 is 0. The smallest absolute Gasteiger partial charge is 0.213 e. The highest BCUT2D eigenvalue weighted by Crippen LogP contribution is 2.08. The molecular formula is C5H8N4O. The Morgan fingerprint density at radius 3 is 3.40 bits per heavy atom. The van der Waals surface area contributed by atoms with E-state index in [9.17, 15) is 5.21 Å². The summed E-state index contributed by atoms with van der Waals surface area (Å²) in [6, 6.07) is -0.159. The molecule has 0 radical (unpaired) electrons. The van der Waals surface area contributed by atoms with Gasteiger partial charge in [0.2, 0.25) is 6.17 Å². The molecular weight excluding hydrogens is 132 g/mol. The van der Waals surface area contributed by atoms with Crippen LogP contribution in [0, 0.1) is 5.21 Å². The summed E-state index contributed by atoms with van der Waals surface area (Å²) in [6.45, 7) is 0.803. The van der Waals surface area contributed by atoms with Gasteiger partial charge in [-0.15, -0.1) is 0 Å². The highest BCUT2D eigenvalue weighted by Gasteiger charge is 2.33. The summed E-state index contributed by atoms with van der Waals surface area (Å²) in [5.41, 5.74) is 2.68. The van der Waals surface area contributed by atoms with Crippen LogP contribution < -0.4 is 10.7 Å². The zero-order chi connectivity index (χ0) is 6.97. The summed E-state index contributed by atoms with van der Waals surface area (Å²) in [4.78, 5) is 0.674. The summed E-state index contributed by atoms with van der Waals surface area (Å²) in [5.74, 6) is 0. The molecule has 0 aromatic rings. The summed E-state index contributed by atoms with van der Waals surface area (Å²) in [5, 5.41) is 17.4. The van der Waals surface area contributed by atoms with Gasteiger partial charge in [-0.1, -0.05) is 6.08 Å². The van der Waals surface area contributed by atoms with Crippen molar-refractivity contribution >= 4 is 0 Å². The minimum Gasteiger partial charge on any atom is -0.695 e. The lowest BCUT2D eigenvalue weighted by atomic mass is 10.2. The van der Waals surface area contributed by atoms with Gasteiger partial charge in [-0.2, -0.15) is 10.3 Å². The molecule has 5 heteroatoms. The first-order valence-electron chi connectivity index (χ1n) is 3.20. The van der Waals surface area contributed by atoms with Crippen LogP contribution in [0.25, 0.3) is 0 Å². The fourth-order valence-electron chi connectivity index (χ4n) is 1.14. The van der Waals surface area contributed by atoms with Crippen molar-refractivity contribution in [2.75, 3.05) is 6.54 Å². The number of hydroxylamine groups is 1. The van der Waals surface area contributed by atoms with E-state index in [2.05, 4.69) is 16.0 Å². The molecule has 54 valence electrons. The Kier molecular flexibility index (Phi) is 1.10. The largest absolute Gasteiger partial charge is 0.695 e. The maximum absolute atomic E-state index is 10.8. The van der Waals surface area contributed by atoms with Gasteiger partial charge in [0.25, 0.3) is 0 Å². The molecule has 2 aliphatic rings. The van der Waals surface area contributed by atoms with E-state index in [1.807, 2.05) is 12.2 Å². The van der Waals surface area contributed by atoms with Gasteiger partial charge in [0.05, 0.1) is 5.22 Å². The lowest BCUT2D eigenvalue weighted by molar-refractivity contribution is -0.544. The number of nitrogens with one attached hydrogen (secondary N) is 2. The molecule has 2 aliphatic heterocycles. The number of nitrogens with zero attached hydrogens (tertiary/aromatic N) is 2. The fraction of sp³-hybridized carbons (Fsp3) is 0.600. The fourth-order valence-corrected chi connectivity index (χ4v) is 1.14. The first-order chi connectivity index (χ1) is 4.88. The monoisotopic (exact) mass is 140 g/mol. The molecule has 0 aromatic carbocycles. The Bertz CT molecular complexity index is 200. The van der Waals surface area contributed by atoms with Gasteiger partial charge in [0.15, 0.2) is 6.04 Å². The SMILES string of the molecule is [O-][N+]1=NNC2NCC=CC21. The van der Waals surface area contributed by atoms with Gasteiger partial charge in [0.1, 0.15) is 0 Å². The first kappa shape index (κ1) is 5.67. The molecule has 2 rings (SSSR count). The molecule has 2 heterocycles. The molecule has 0 aliphatic carbocycles. The number of fused-ring (bicyclic) bond motifs is 1. The Hall–Kier alpha value is -1.10. The Morgan fingerprint density at radius 2 is 2.60 bits per heavy atom. The quantitative estimate of drug-likeness (QED) is 0.266. The third-order valence-electron chi connectivity index (χ3n) is 1.68. The van der Waals surface area contributed by atoms with Crippen LogP contribution in [-0.4, -0.2) is 23.6 Å². The maximum atomic E-state index is 10.8. The van der Waals surface area contributed by atoms with Gasteiger partial charge in [-0.3, -0.25) is 5.32 Å². The summed E-state index contributed by atoms with van der Waals surface area (Å²) in [6.07, 6.45) is 3.79. The molecule has 0 aromatic heterocycles. The third kappa shape index (κ3) is 0.672. The van der Waals surface area contributed by atoms with E-state index in [0.29, 0.717) is 4.86 Å². The molecule has 0 saturated heterocycles. The second-order valence-electron chi connectivity index (χ2n) is 2.34.